The van der Waals surface area contributed by atoms with Crippen LogP contribution < -0.4 is 9.80 Å². The van der Waals surface area contributed by atoms with E-state index in [1.807, 2.05) is 0 Å². The fraction of sp³-hybridized carbons (Fsp3) is 0.0130. The van der Waals surface area contributed by atoms with Crippen molar-refractivity contribution in [1.82, 2.24) is 4.57 Å². The molecule has 2 aliphatic rings. The molecule has 0 fully saturated rings. The fourth-order valence-electron chi connectivity index (χ4n) is 13.6. The number of hydrogen-bond acceptors (Lipinski definition) is 2. The zero-order valence-electron chi connectivity index (χ0n) is 43.8. The second kappa shape index (κ2) is 18.3. The van der Waals surface area contributed by atoms with E-state index in [0.717, 1.165) is 45.1 Å². The van der Waals surface area contributed by atoms with E-state index in [2.05, 4.69) is 324 Å². The maximum atomic E-state index is 2.51. The summed E-state index contributed by atoms with van der Waals surface area (Å²) >= 11 is 0. The van der Waals surface area contributed by atoms with Gasteiger partial charge in [-0.25, -0.2) is 0 Å². The van der Waals surface area contributed by atoms with Crippen LogP contribution in [-0.2, 0) is 5.41 Å². The van der Waals surface area contributed by atoms with Crippen LogP contribution in [0.5, 0.6) is 0 Å². The average molecular weight is 1020 g/mol. The first-order chi connectivity index (χ1) is 39.7. The molecule has 0 saturated carbocycles. The van der Waals surface area contributed by atoms with Crippen molar-refractivity contribution >= 4 is 66.7 Å². The molecule has 16 rings (SSSR count). The Hall–Kier alpha value is -10.5. The standard InChI is InChI=1S/C77H51N3/c1-3-24-55(25-4-1)79-73-39-18-13-33-66(73)67-48-44-54(50-76(67)79)52-42-45-57(46-43-52)78(72-38-17-12-32-65(72)62-30-10-9-29-61(62)60-34-21-23-53-22-7-8-28-59(53)60)58-47-49-64-63-31-11-14-35-68(63)77(71(64)51-58)69-36-15-19-40-74(69)80(56-26-5-2-6-27-56)75-41-20-16-37-70(75)77/h1-51H. The number of hydrogen-bond donors (Lipinski definition) is 0. The lowest BCUT2D eigenvalue weighted by Gasteiger charge is -2.45. The molecule has 1 aliphatic carbocycles. The van der Waals surface area contributed by atoms with E-state index in [1.165, 1.54) is 94.0 Å². The maximum absolute atomic E-state index is 2.51. The van der Waals surface area contributed by atoms with Gasteiger partial charge in [-0.1, -0.05) is 231 Å². The number of aromatic nitrogens is 1. The number of para-hydroxylation sites is 6. The number of fused-ring (bicyclic) bond motifs is 13. The molecular weight excluding hydrogens is 967 g/mol. The first kappa shape index (κ1) is 45.7. The van der Waals surface area contributed by atoms with Crippen molar-refractivity contribution in [1.29, 1.82) is 0 Å². The first-order valence-corrected chi connectivity index (χ1v) is 27.7. The molecule has 14 aromatic rings. The molecule has 0 N–H and O–H groups in total. The molecule has 3 nitrogen and oxygen atoms in total. The molecule has 0 unspecified atom stereocenters. The lowest BCUT2D eigenvalue weighted by molar-refractivity contribution is 0.752. The fourth-order valence-corrected chi connectivity index (χ4v) is 13.6. The number of rotatable bonds is 8. The molecular formula is C77H51N3. The van der Waals surface area contributed by atoms with Gasteiger partial charge in [-0.2, -0.15) is 0 Å². The van der Waals surface area contributed by atoms with Gasteiger partial charge in [-0.3, -0.25) is 0 Å². The molecule has 1 aromatic heterocycles. The van der Waals surface area contributed by atoms with E-state index in [-0.39, 0.29) is 0 Å². The highest BCUT2D eigenvalue weighted by Crippen LogP contribution is 2.64. The predicted molar refractivity (Wildman–Crippen MR) is 335 cm³/mol. The zero-order chi connectivity index (χ0) is 52.7. The minimum absolute atomic E-state index is 0.628. The third-order valence-corrected chi connectivity index (χ3v) is 17.0. The Morgan fingerprint density at radius 2 is 0.787 bits per heavy atom. The van der Waals surface area contributed by atoms with Gasteiger partial charge in [0, 0.05) is 39.1 Å². The van der Waals surface area contributed by atoms with Crippen molar-refractivity contribution in [3.8, 4) is 50.2 Å². The summed E-state index contributed by atoms with van der Waals surface area (Å²) in [7, 11) is 0. The SMILES string of the molecule is c1ccc(N2c3ccccc3C3(c4ccccc4-c4ccc(N(c5ccc(-c6ccc7c8ccccc8n(-c8ccccc8)c7c6)cc5)c5ccccc5-c5ccccc5-c5cccc6ccccc56)cc43)c3ccccc32)cc1. The van der Waals surface area contributed by atoms with E-state index < -0.39 is 5.41 Å². The minimum Gasteiger partial charge on any atom is -0.310 e. The number of anilines is 6. The zero-order valence-corrected chi connectivity index (χ0v) is 43.8. The topological polar surface area (TPSA) is 11.4 Å². The molecule has 374 valence electrons. The van der Waals surface area contributed by atoms with Crippen LogP contribution in [0, 0.1) is 0 Å². The highest BCUT2D eigenvalue weighted by atomic mass is 15.2. The van der Waals surface area contributed by atoms with Crippen LogP contribution in [0.1, 0.15) is 22.3 Å². The van der Waals surface area contributed by atoms with Crippen molar-refractivity contribution in [2.24, 2.45) is 0 Å². The van der Waals surface area contributed by atoms with E-state index in [9.17, 15) is 0 Å². The van der Waals surface area contributed by atoms with Gasteiger partial charge in [0.25, 0.3) is 0 Å². The van der Waals surface area contributed by atoms with Crippen LogP contribution in [0.25, 0.3) is 82.8 Å². The van der Waals surface area contributed by atoms with Crippen molar-refractivity contribution in [2.45, 2.75) is 5.41 Å². The Bertz CT molecular complexity index is 4670. The molecule has 1 spiro atoms. The summed E-state index contributed by atoms with van der Waals surface area (Å²) in [5.74, 6) is 0. The second-order valence-corrected chi connectivity index (χ2v) is 21.1. The Kier molecular flexibility index (Phi) is 10.5. The Labute approximate surface area is 465 Å². The predicted octanol–water partition coefficient (Wildman–Crippen LogP) is 20.6. The normalized spacial score (nSPS) is 12.8. The smallest absolute Gasteiger partial charge is 0.0755 e. The summed E-state index contributed by atoms with van der Waals surface area (Å²) in [5, 5.41) is 4.94. The van der Waals surface area contributed by atoms with Gasteiger partial charge in [0.1, 0.15) is 0 Å². The highest BCUT2D eigenvalue weighted by Gasteiger charge is 2.52. The average Bonchev–Trinajstić information content (AvgIpc) is 3.71. The minimum atomic E-state index is -0.628. The lowest BCUT2D eigenvalue weighted by atomic mass is 9.64. The quantitative estimate of drug-likeness (QED) is 0.150. The van der Waals surface area contributed by atoms with E-state index in [1.54, 1.807) is 0 Å². The second-order valence-electron chi connectivity index (χ2n) is 21.1. The molecule has 0 radical (unpaired) electrons. The van der Waals surface area contributed by atoms with Gasteiger partial charge in [0.2, 0.25) is 0 Å². The van der Waals surface area contributed by atoms with Gasteiger partial charge in [-0.15, -0.1) is 0 Å². The van der Waals surface area contributed by atoms with Gasteiger partial charge in [0.05, 0.1) is 33.5 Å². The molecule has 0 amide bonds. The summed E-state index contributed by atoms with van der Waals surface area (Å²) in [6, 6.07) is 114. The van der Waals surface area contributed by atoms with Crippen LogP contribution in [-0.4, -0.2) is 4.57 Å². The van der Waals surface area contributed by atoms with Gasteiger partial charge in [0.15, 0.2) is 0 Å². The van der Waals surface area contributed by atoms with Gasteiger partial charge in [-0.05, 0) is 151 Å². The number of nitrogens with zero attached hydrogens (tertiary/aromatic N) is 3. The molecule has 0 atom stereocenters. The summed E-state index contributed by atoms with van der Waals surface area (Å²) in [5.41, 5.74) is 24.2. The van der Waals surface area contributed by atoms with Crippen molar-refractivity contribution < 1.29 is 0 Å². The Balaban J connectivity index is 0.919. The van der Waals surface area contributed by atoms with Crippen molar-refractivity contribution in [3.05, 3.63) is 332 Å². The van der Waals surface area contributed by atoms with Gasteiger partial charge < -0.3 is 14.4 Å². The summed E-state index contributed by atoms with van der Waals surface area (Å²) < 4.78 is 2.40. The molecule has 13 aromatic carbocycles. The van der Waals surface area contributed by atoms with Crippen LogP contribution in [0.4, 0.5) is 34.1 Å². The monoisotopic (exact) mass is 1020 g/mol. The summed E-state index contributed by atoms with van der Waals surface area (Å²) in [6.45, 7) is 0. The Morgan fingerprint density at radius 1 is 0.275 bits per heavy atom. The molecule has 2 heterocycles. The van der Waals surface area contributed by atoms with Crippen LogP contribution in [0.15, 0.2) is 309 Å². The molecule has 1 aliphatic heterocycles. The summed E-state index contributed by atoms with van der Waals surface area (Å²) in [6.07, 6.45) is 0. The van der Waals surface area contributed by atoms with Crippen molar-refractivity contribution in [3.63, 3.8) is 0 Å². The Morgan fingerprint density at radius 3 is 1.54 bits per heavy atom. The third-order valence-electron chi connectivity index (χ3n) is 17.0. The lowest BCUT2D eigenvalue weighted by Crippen LogP contribution is -2.36. The molecule has 0 saturated heterocycles. The molecule has 0 bridgehead atoms. The third kappa shape index (κ3) is 6.87. The van der Waals surface area contributed by atoms with E-state index in [4.69, 9.17) is 0 Å². The van der Waals surface area contributed by atoms with E-state index >= 15 is 0 Å². The maximum Gasteiger partial charge on any atom is 0.0755 e. The summed E-state index contributed by atoms with van der Waals surface area (Å²) in [4.78, 5) is 4.96. The van der Waals surface area contributed by atoms with Crippen LogP contribution in [0.2, 0.25) is 0 Å². The van der Waals surface area contributed by atoms with E-state index in [0.29, 0.717) is 0 Å². The molecule has 3 heteroatoms. The highest BCUT2D eigenvalue weighted by molar-refractivity contribution is 6.10. The number of benzene rings is 13. The largest absolute Gasteiger partial charge is 0.310 e. The van der Waals surface area contributed by atoms with Crippen LogP contribution in [0.3, 0.4) is 0 Å². The van der Waals surface area contributed by atoms with Crippen LogP contribution >= 0.6 is 0 Å². The van der Waals surface area contributed by atoms with Gasteiger partial charge >= 0.3 is 0 Å². The molecule has 80 heavy (non-hydrogen) atoms. The first-order valence-electron chi connectivity index (χ1n) is 27.7. The van der Waals surface area contributed by atoms with Crippen molar-refractivity contribution in [2.75, 3.05) is 9.80 Å².